The number of hydrogen-bond donors (Lipinski definition) is 0. The average molecular weight is 348 g/mol. The van der Waals surface area contributed by atoms with E-state index in [1.54, 1.807) is 0 Å². The van der Waals surface area contributed by atoms with E-state index in [0.29, 0.717) is 5.92 Å². The quantitative estimate of drug-likeness (QED) is 0.851. The monoisotopic (exact) mass is 348 g/mol. The first-order valence-electron chi connectivity index (χ1n) is 9.35. The zero-order valence-corrected chi connectivity index (χ0v) is 15.2. The Bertz CT molecular complexity index is 801. The van der Waals surface area contributed by atoms with Gasteiger partial charge in [0.1, 0.15) is 11.6 Å². The van der Waals surface area contributed by atoms with Gasteiger partial charge in [0.05, 0.1) is 23.8 Å². The number of aromatic nitrogens is 2. The maximum absolute atomic E-state index is 9.88. The molecule has 0 aliphatic carbocycles. The number of piperidine rings is 1. The fraction of sp³-hybridized carbons (Fsp3) is 0.476. The van der Waals surface area contributed by atoms with Gasteiger partial charge in [-0.2, -0.15) is 5.26 Å². The van der Waals surface area contributed by atoms with Crippen molar-refractivity contribution in [2.24, 2.45) is 0 Å². The van der Waals surface area contributed by atoms with Crippen molar-refractivity contribution in [3.05, 3.63) is 53.5 Å². The highest BCUT2D eigenvalue weighted by Crippen LogP contribution is 2.36. The summed E-state index contributed by atoms with van der Waals surface area (Å²) in [6.45, 7) is 5.19. The molecule has 4 rings (SSSR count). The maximum atomic E-state index is 9.88. The van der Waals surface area contributed by atoms with E-state index in [0.717, 1.165) is 68.5 Å². The van der Waals surface area contributed by atoms with Crippen molar-refractivity contribution in [1.29, 1.82) is 5.26 Å². The summed E-state index contributed by atoms with van der Waals surface area (Å²) in [6, 6.07) is 14.9. The molecule has 1 aromatic carbocycles. The van der Waals surface area contributed by atoms with Crippen LogP contribution >= 0.6 is 0 Å². The first-order valence-corrected chi connectivity index (χ1v) is 9.35. The van der Waals surface area contributed by atoms with Crippen molar-refractivity contribution in [2.45, 2.75) is 37.5 Å². The number of ether oxygens (including phenoxy) is 1. The molecule has 1 aromatic heterocycles. The van der Waals surface area contributed by atoms with Crippen LogP contribution in [0.1, 0.15) is 42.3 Å². The van der Waals surface area contributed by atoms with E-state index in [1.807, 2.05) is 25.1 Å². The van der Waals surface area contributed by atoms with E-state index < -0.39 is 0 Å². The Balaban J connectivity index is 1.54. The van der Waals surface area contributed by atoms with Gasteiger partial charge in [0.25, 0.3) is 0 Å². The van der Waals surface area contributed by atoms with Crippen LogP contribution in [0.4, 0.5) is 5.82 Å². The molecule has 0 amide bonds. The molecule has 2 aliphatic heterocycles. The lowest BCUT2D eigenvalue weighted by molar-refractivity contribution is 0.193. The zero-order valence-electron chi connectivity index (χ0n) is 15.2. The van der Waals surface area contributed by atoms with Crippen LogP contribution in [-0.2, 0) is 10.2 Å². The minimum absolute atomic E-state index is 0.378. The van der Waals surface area contributed by atoms with Crippen LogP contribution in [0.3, 0.4) is 0 Å². The second-order valence-electron chi connectivity index (χ2n) is 7.31. The highest BCUT2D eigenvalue weighted by atomic mass is 16.5. The smallest absolute Gasteiger partial charge is 0.132 e. The van der Waals surface area contributed by atoms with Crippen LogP contribution in [0.25, 0.3) is 0 Å². The average Bonchev–Trinajstić information content (AvgIpc) is 3.23. The molecule has 0 unspecified atom stereocenters. The minimum Gasteiger partial charge on any atom is -0.381 e. The van der Waals surface area contributed by atoms with Crippen molar-refractivity contribution in [3.63, 3.8) is 0 Å². The van der Waals surface area contributed by atoms with Gasteiger partial charge in [-0.3, -0.25) is 0 Å². The molecule has 1 atom stereocenters. The van der Waals surface area contributed by atoms with Gasteiger partial charge in [0, 0.05) is 31.7 Å². The van der Waals surface area contributed by atoms with Crippen LogP contribution < -0.4 is 4.90 Å². The van der Waals surface area contributed by atoms with Crippen molar-refractivity contribution in [3.8, 4) is 6.07 Å². The number of hydrogen-bond acceptors (Lipinski definition) is 5. The standard InChI is InChI=1S/C21H24N4O/c1-16-23-19(17-7-12-26-14-17)13-20(24-16)25-10-8-21(15-22,9-11-25)18-5-3-2-4-6-18/h2-6,13,17H,7-12,14H2,1H3/t17-/m0/s1. The van der Waals surface area contributed by atoms with E-state index in [-0.39, 0.29) is 5.41 Å². The third kappa shape index (κ3) is 3.17. The number of anilines is 1. The lowest BCUT2D eigenvalue weighted by Crippen LogP contribution is -2.42. The first-order chi connectivity index (χ1) is 12.7. The molecule has 2 fully saturated rings. The summed E-state index contributed by atoms with van der Waals surface area (Å²) in [7, 11) is 0. The Morgan fingerprint density at radius 1 is 1.19 bits per heavy atom. The Labute approximate surface area is 154 Å². The topological polar surface area (TPSA) is 62.0 Å². The van der Waals surface area contributed by atoms with E-state index in [4.69, 9.17) is 4.74 Å². The molecule has 5 nitrogen and oxygen atoms in total. The van der Waals surface area contributed by atoms with Gasteiger partial charge < -0.3 is 9.64 Å². The van der Waals surface area contributed by atoms with E-state index in [1.165, 1.54) is 0 Å². The molecule has 0 spiro atoms. The van der Waals surface area contributed by atoms with Gasteiger partial charge >= 0.3 is 0 Å². The molecule has 0 saturated carbocycles. The number of benzene rings is 1. The number of nitrogens with zero attached hydrogens (tertiary/aromatic N) is 4. The van der Waals surface area contributed by atoms with Crippen molar-refractivity contribution in [1.82, 2.24) is 9.97 Å². The summed E-state index contributed by atoms with van der Waals surface area (Å²) >= 11 is 0. The lowest BCUT2D eigenvalue weighted by atomic mass is 9.74. The van der Waals surface area contributed by atoms with Crippen LogP contribution in [-0.4, -0.2) is 36.3 Å². The SMILES string of the molecule is Cc1nc([C@H]2CCOC2)cc(N2CCC(C#N)(c3ccccc3)CC2)n1. The van der Waals surface area contributed by atoms with Gasteiger partial charge in [-0.25, -0.2) is 9.97 Å². The Hall–Kier alpha value is -2.45. The fourth-order valence-electron chi connectivity index (χ4n) is 4.05. The van der Waals surface area contributed by atoms with Crippen molar-refractivity contribution >= 4 is 5.82 Å². The Kier molecular flexibility index (Phi) is 4.60. The normalized spacial score (nSPS) is 22.2. The molecular formula is C21H24N4O. The number of nitriles is 1. The van der Waals surface area contributed by atoms with Crippen LogP contribution in [0.2, 0.25) is 0 Å². The lowest BCUT2D eigenvalue weighted by Gasteiger charge is -2.38. The second kappa shape index (κ2) is 7.05. The van der Waals surface area contributed by atoms with Crippen LogP contribution in [0.15, 0.2) is 36.4 Å². The Morgan fingerprint density at radius 2 is 1.96 bits per heavy atom. The molecule has 3 heterocycles. The third-order valence-electron chi connectivity index (χ3n) is 5.67. The fourth-order valence-corrected chi connectivity index (χ4v) is 4.05. The van der Waals surface area contributed by atoms with E-state index >= 15 is 0 Å². The molecule has 2 aromatic rings. The van der Waals surface area contributed by atoms with E-state index in [2.05, 4.69) is 39.1 Å². The highest BCUT2D eigenvalue weighted by molar-refractivity contribution is 5.44. The number of rotatable bonds is 3. The molecule has 0 bridgehead atoms. The summed E-state index contributed by atoms with van der Waals surface area (Å²) in [5.41, 5.74) is 1.83. The van der Waals surface area contributed by atoms with Gasteiger partial charge in [0.2, 0.25) is 0 Å². The van der Waals surface area contributed by atoms with Crippen molar-refractivity contribution < 1.29 is 4.74 Å². The minimum atomic E-state index is -0.387. The molecule has 26 heavy (non-hydrogen) atoms. The second-order valence-corrected chi connectivity index (χ2v) is 7.31. The zero-order chi connectivity index (χ0) is 18.0. The Morgan fingerprint density at radius 3 is 2.62 bits per heavy atom. The third-order valence-corrected chi connectivity index (χ3v) is 5.67. The molecular weight excluding hydrogens is 324 g/mol. The van der Waals surface area contributed by atoms with E-state index in [9.17, 15) is 5.26 Å². The first kappa shape index (κ1) is 17.0. The molecule has 0 N–H and O–H groups in total. The van der Waals surface area contributed by atoms with Gasteiger partial charge in [-0.05, 0) is 31.7 Å². The summed E-state index contributed by atoms with van der Waals surface area (Å²) in [6.07, 6.45) is 2.66. The summed E-state index contributed by atoms with van der Waals surface area (Å²) in [5, 5.41) is 9.88. The molecule has 134 valence electrons. The summed E-state index contributed by atoms with van der Waals surface area (Å²) in [5.74, 6) is 2.17. The summed E-state index contributed by atoms with van der Waals surface area (Å²) in [4.78, 5) is 11.6. The van der Waals surface area contributed by atoms with Gasteiger partial charge in [0.15, 0.2) is 0 Å². The van der Waals surface area contributed by atoms with Gasteiger partial charge in [-0.15, -0.1) is 0 Å². The molecule has 0 radical (unpaired) electrons. The molecule has 2 aliphatic rings. The van der Waals surface area contributed by atoms with Crippen molar-refractivity contribution in [2.75, 3.05) is 31.2 Å². The maximum Gasteiger partial charge on any atom is 0.132 e. The van der Waals surface area contributed by atoms with Crippen LogP contribution in [0.5, 0.6) is 0 Å². The largest absolute Gasteiger partial charge is 0.381 e. The summed E-state index contributed by atoms with van der Waals surface area (Å²) < 4.78 is 5.52. The highest BCUT2D eigenvalue weighted by Gasteiger charge is 2.37. The predicted octanol–water partition coefficient (Wildman–Crippen LogP) is 3.35. The van der Waals surface area contributed by atoms with Gasteiger partial charge in [-0.1, -0.05) is 30.3 Å². The predicted molar refractivity (Wildman–Crippen MR) is 100 cm³/mol. The molecule has 2 saturated heterocycles. The number of aryl methyl sites for hydroxylation is 1. The van der Waals surface area contributed by atoms with Crippen LogP contribution in [0, 0.1) is 18.3 Å². The molecule has 5 heteroatoms.